The summed E-state index contributed by atoms with van der Waals surface area (Å²) in [7, 11) is 0. The normalized spacial score (nSPS) is 15.4. The minimum Gasteiger partial charge on any atom is -0.438 e. The number of rotatable bonds is 5. The van der Waals surface area contributed by atoms with Crippen LogP contribution in [0, 0.1) is 20.8 Å². The maximum Gasteiger partial charge on any atom is 0.225 e. The van der Waals surface area contributed by atoms with E-state index in [1.807, 2.05) is 32.9 Å². The lowest BCUT2D eigenvalue weighted by Crippen LogP contribution is -2.36. The van der Waals surface area contributed by atoms with Crippen LogP contribution in [0.4, 0.5) is 5.69 Å². The molecule has 0 aliphatic carbocycles. The van der Waals surface area contributed by atoms with E-state index in [2.05, 4.69) is 38.7 Å². The molecule has 0 saturated carbocycles. The number of benzene rings is 1. The molecule has 0 unspecified atom stereocenters. The first kappa shape index (κ1) is 20.0. The predicted molar refractivity (Wildman–Crippen MR) is 115 cm³/mol. The number of hydrogen-bond donors (Lipinski definition) is 0. The molecule has 0 bridgehead atoms. The van der Waals surface area contributed by atoms with Gasteiger partial charge in [0.2, 0.25) is 5.88 Å². The van der Waals surface area contributed by atoms with E-state index in [0.717, 1.165) is 52.9 Å². The summed E-state index contributed by atoms with van der Waals surface area (Å²) in [5, 5.41) is 0.736. The average molecular weight is 387 g/mol. The molecule has 3 nitrogen and oxygen atoms in total. The molecule has 146 valence electrons. The molecule has 0 N–H and O–H groups in total. The molecule has 0 fully saturated rings. The highest BCUT2D eigenvalue weighted by Gasteiger charge is 2.41. The Morgan fingerprint density at radius 3 is 2.26 bits per heavy atom. The van der Waals surface area contributed by atoms with Crippen LogP contribution in [0.5, 0.6) is 11.6 Å². The van der Waals surface area contributed by atoms with Crippen molar-refractivity contribution in [2.75, 3.05) is 11.4 Å². The molecule has 0 radical (unpaired) electrons. The molecule has 3 rings (SSSR count). The maximum absolute atomic E-state index is 6.45. The van der Waals surface area contributed by atoms with Crippen LogP contribution in [0.3, 0.4) is 0 Å². The lowest BCUT2D eigenvalue weighted by Gasteiger charge is -2.30. The SMILES string of the molecule is CCC(CC)N1CC(C)(C)c2c1cc(C)nc2Oc1c(C)cc(Cl)cc1C. The predicted octanol–water partition coefficient (Wildman–Crippen LogP) is 6.74. The fraction of sp³-hybridized carbons (Fsp3) is 0.522. The van der Waals surface area contributed by atoms with Gasteiger partial charge in [-0.05, 0) is 62.9 Å². The maximum atomic E-state index is 6.45. The van der Waals surface area contributed by atoms with Gasteiger partial charge in [-0.25, -0.2) is 4.98 Å². The summed E-state index contributed by atoms with van der Waals surface area (Å²) in [6.07, 6.45) is 2.28. The fourth-order valence-corrected chi connectivity index (χ4v) is 4.69. The van der Waals surface area contributed by atoms with Gasteiger partial charge in [-0.3, -0.25) is 0 Å². The van der Waals surface area contributed by atoms with Crippen molar-refractivity contribution in [3.63, 3.8) is 0 Å². The van der Waals surface area contributed by atoms with Crippen LogP contribution in [0.1, 0.15) is 62.9 Å². The van der Waals surface area contributed by atoms with Crippen molar-refractivity contribution in [1.29, 1.82) is 0 Å². The molecule has 4 heteroatoms. The highest BCUT2D eigenvalue weighted by atomic mass is 35.5. The Morgan fingerprint density at radius 2 is 1.70 bits per heavy atom. The van der Waals surface area contributed by atoms with Crippen molar-refractivity contribution in [3.05, 3.63) is 45.6 Å². The second kappa shape index (κ2) is 7.35. The Labute approximate surface area is 168 Å². The molecular formula is C23H31ClN2O. The van der Waals surface area contributed by atoms with Gasteiger partial charge in [0.1, 0.15) is 5.75 Å². The van der Waals surface area contributed by atoms with Crippen LogP contribution in [0.2, 0.25) is 5.02 Å². The minimum absolute atomic E-state index is 0.0117. The molecular weight excluding hydrogens is 356 g/mol. The summed E-state index contributed by atoms with van der Waals surface area (Å²) in [6, 6.07) is 6.65. The number of anilines is 1. The van der Waals surface area contributed by atoms with Gasteiger partial charge in [-0.15, -0.1) is 0 Å². The molecule has 1 aromatic carbocycles. The number of aryl methyl sites for hydroxylation is 3. The summed E-state index contributed by atoms with van der Waals surface area (Å²) in [6.45, 7) is 16.2. The largest absolute Gasteiger partial charge is 0.438 e. The third kappa shape index (κ3) is 3.67. The van der Waals surface area contributed by atoms with Crippen LogP contribution >= 0.6 is 11.6 Å². The third-order valence-electron chi connectivity index (χ3n) is 5.65. The zero-order valence-electron chi connectivity index (χ0n) is 17.6. The van der Waals surface area contributed by atoms with Gasteiger partial charge in [-0.1, -0.05) is 39.3 Å². The minimum atomic E-state index is -0.0117. The molecule has 0 spiro atoms. The second-order valence-electron chi connectivity index (χ2n) is 8.42. The van der Waals surface area contributed by atoms with Crippen molar-refractivity contribution in [3.8, 4) is 11.6 Å². The fourth-order valence-electron chi connectivity index (χ4n) is 4.36. The quantitative estimate of drug-likeness (QED) is 0.568. The van der Waals surface area contributed by atoms with E-state index < -0.39 is 0 Å². The molecule has 1 aliphatic rings. The van der Waals surface area contributed by atoms with E-state index in [1.165, 1.54) is 11.3 Å². The highest BCUT2D eigenvalue weighted by molar-refractivity contribution is 6.30. The van der Waals surface area contributed by atoms with E-state index in [1.54, 1.807) is 0 Å². The van der Waals surface area contributed by atoms with Gasteiger partial charge < -0.3 is 9.64 Å². The number of fused-ring (bicyclic) bond motifs is 1. The number of pyridine rings is 1. The van der Waals surface area contributed by atoms with Crippen molar-refractivity contribution in [1.82, 2.24) is 4.98 Å². The standard InChI is InChI=1S/C23H31ClN2O/c1-8-18(9-2)26-13-23(6,7)20-19(26)12-16(5)25-22(20)27-21-14(3)10-17(24)11-15(21)4/h10-12,18H,8-9,13H2,1-7H3. The average Bonchev–Trinajstić information content (AvgIpc) is 2.83. The smallest absolute Gasteiger partial charge is 0.225 e. The molecule has 27 heavy (non-hydrogen) atoms. The Bertz CT molecular complexity index is 833. The third-order valence-corrected chi connectivity index (χ3v) is 5.87. The van der Waals surface area contributed by atoms with Gasteiger partial charge in [0.25, 0.3) is 0 Å². The first-order chi connectivity index (χ1) is 12.7. The van der Waals surface area contributed by atoms with Crippen LogP contribution < -0.4 is 9.64 Å². The van der Waals surface area contributed by atoms with E-state index in [4.69, 9.17) is 21.3 Å². The van der Waals surface area contributed by atoms with E-state index in [-0.39, 0.29) is 5.41 Å². The van der Waals surface area contributed by atoms with Crippen LogP contribution in [-0.2, 0) is 5.41 Å². The van der Waals surface area contributed by atoms with Crippen LogP contribution in [0.15, 0.2) is 18.2 Å². The van der Waals surface area contributed by atoms with Crippen molar-refractivity contribution < 1.29 is 4.74 Å². The zero-order chi connectivity index (χ0) is 19.9. The first-order valence-electron chi connectivity index (χ1n) is 9.91. The molecule has 0 saturated heterocycles. The van der Waals surface area contributed by atoms with E-state index >= 15 is 0 Å². The van der Waals surface area contributed by atoms with Crippen molar-refractivity contribution in [2.24, 2.45) is 0 Å². The molecule has 1 aromatic heterocycles. The number of aromatic nitrogens is 1. The molecule has 2 heterocycles. The number of nitrogens with zero attached hydrogens (tertiary/aromatic N) is 2. The summed E-state index contributed by atoms with van der Waals surface area (Å²) in [5.74, 6) is 1.59. The summed E-state index contributed by atoms with van der Waals surface area (Å²) in [5.41, 5.74) is 5.53. The monoisotopic (exact) mass is 386 g/mol. The Kier molecular flexibility index (Phi) is 5.45. The zero-order valence-corrected chi connectivity index (χ0v) is 18.4. The number of hydrogen-bond acceptors (Lipinski definition) is 3. The summed E-state index contributed by atoms with van der Waals surface area (Å²) in [4.78, 5) is 7.36. The Hall–Kier alpha value is -1.74. The van der Waals surface area contributed by atoms with Crippen molar-refractivity contribution >= 4 is 17.3 Å². The summed E-state index contributed by atoms with van der Waals surface area (Å²) >= 11 is 6.20. The molecule has 2 aromatic rings. The van der Waals surface area contributed by atoms with E-state index in [9.17, 15) is 0 Å². The molecule has 1 aliphatic heterocycles. The van der Waals surface area contributed by atoms with Crippen LogP contribution in [0.25, 0.3) is 0 Å². The Balaban J connectivity index is 2.13. The van der Waals surface area contributed by atoms with Gasteiger partial charge >= 0.3 is 0 Å². The number of halogens is 1. The topological polar surface area (TPSA) is 25.4 Å². The summed E-state index contributed by atoms with van der Waals surface area (Å²) < 4.78 is 6.45. The highest BCUT2D eigenvalue weighted by Crippen LogP contribution is 2.48. The van der Waals surface area contributed by atoms with Gasteiger partial charge in [0.05, 0.1) is 0 Å². The van der Waals surface area contributed by atoms with Crippen LogP contribution in [-0.4, -0.2) is 17.6 Å². The Morgan fingerprint density at radius 1 is 1.11 bits per heavy atom. The number of ether oxygens (including phenoxy) is 1. The van der Waals surface area contributed by atoms with Gasteiger partial charge in [0, 0.05) is 40.0 Å². The first-order valence-corrected chi connectivity index (χ1v) is 10.3. The van der Waals surface area contributed by atoms with Gasteiger partial charge in [-0.2, -0.15) is 0 Å². The lowest BCUT2D eigenvalue weighted by atomic mass is 9.87. The van der Waals surface area contributed by atoms with Crippen molar-refractivity contribution in [2.45, 2.75) is 72.8 Å². The lowest BCUT2D eigenvalue weighted by molar-refractivity contribution is 0.428. The molecule has 0 amide bonds. The van der Waals surface area contributed by atoms with E-state index in [0.29, 0.717) is 6.04 Å². The second-order valence-corrected chi connectivity index (χ2v) is 8.85. The molecule has 0 atom stereocenters. The van der Waals surface area contributed by atoms with Gasteiger partial charge in [0.15, 0.2) is 0 Å².